The summed E-state index contributed by atoms with van der Waals surface area (Å²) in [5.41, 5.74) is 3.15. The first-order chi connectivity index (χ1) is 21.7. The Bertz CT molecular complexity index is 1700. The second kappa shape index (κ2) is 11.3. The number of aromatic hydroxyl groups is 1. The van der Waals surface area contributed by atoms with Crippen LogP contribution in [0.5, 0.6) is 5.75 Å². The molecule has 0 bridgehead atoms. The molecule has 46 heavy (non-hydrogen) atoms. The Kier molecular flexibility index (Phi) is 7.79. The number of anilines is 1. The van der Waals surface area contributed by atoms with Gasteiger partial charge in [-0.2, -0.15) is 0 Å². The van der Waals surface area contributed by atoms with Crippen LogP contribution in [0.2, 0.25) is 0 Å². The first kappa shape index (κ1) is 31.8. The van der Waals surface area contributed by atoms with E-state index in [1.165, 1.54) is 4.90 Å². The molecule has 1 fully saturated rings. The molecule has 13 nitrogen and oxygen atoms in total. The van der Waals surface area contributed by atoms with Crippen LogP contribution in [-0.2, 0) is 22.6 Å². The Morgan fingerprint density at radius 2 is 1.76 bits per heavy atom. The van der Waals surface area contributed by atoms with Crippen LogP contribution in [0, 0.1) is 11.8 Å². The maximum atomic E-state index is 14.3. The summed E-state index contributed by atoms with van der Waals surface area (Å²) in [4.78, 5) is 48.1. The van der Waals surface area contributed by atoms with E-state index in [0.717, 1.165) is 26.2 Å². The Morgan fingerprint density at radius 1 is 1.09 bits per heavy atom. The van der Waals surface area contributed by atoms with Crippen LogP contribution in [0.1, 0.15) is 28.1 Å². The van der Waals surface area contributed by atoms with Crippen molar-refractivity contribution in [1.29, 1.82) is 0 Å². The molecule has 1 amide bonds. The quantitative estimate of drug-likeness (QED) is 0.286. The lowest BCUT2D eigenvalue weighted by molar-refractivity contribution is -0.148. The first-order valence-electron chi connectivity index (χ1n) is 15.4. The van der Waals surface area contributed by atoms with Gasteiger partial charge in [-0.05, 0) is 63.7 Å². The van der Waals surface area contributed by atoms with Gasteiger partial charge in [0.1, 0.15) is 34.4 Å². The predicted octanol–water partition coefficient (Wildman–Crippen LogP) is 1.19. The number of hydrogen-bond acceptors (Lipinski definition) is 12. The topological polar surface area (TPSA) is 184 Å². The van der Waals surface area contributed by atoms with Crippen LogP contribution in [0.25, 0.3) is 11.3 Å². The lowest BCUT2D eigenvalue weighted by Gasteiger charge is -2.50. The minimum Gasteiger partial charge on any atom is -0.510 e. The molecule has 0 radical (unpaired) electrons. The largest absolute Gasteiger partial charge is 0.510 e. The fourth-order valence-electron chi connectivity index (χ4n) is 7.72. The number of ketones is 2. The molecule has 1 aromatic heterocycles. The number of rotatable bonds is 6. The number of primary amides is 1. The van der Waals surface area contributed by atoms with Crippen LogP contribution in [0.4, 0.5) is 5.69 Å². The van der Waals surface area contributed by atoms with E-state index in [4.69, 9.17) is 10.2 Å². The van der Waals surface area contributed by atoms with Gasteiger partial charge < -0.3 is 40.4 Å². The molecule has 6 rings (SSSR count). The number of phenols is 1. The first-order valence-corrected chi connectivity index (χ1v) is 15.4. The normalized spacial score (nSPS) is 27.2. The minimum atomic E-state index is -2.69. The highest BCUT2D eigenvalue weighted by atomic mass is 16.4. The number of phenolic OH excluding ortho intramolecular Hbond substituents is 1. The fraction of sp³-hybridized carbons (Fsp3) is 0.485. The Labute approximate surface area is 266 Å². The molecule has 6 N–H and O–H groups in total. The van der Waals surface area contributed by atoms with E-state index < -0.39 is 58.0 Å². The minimum absolute atomic E-state index is 0.0228. The van der Waals surface area contributed by atoms with E-state index >= 15 is 0 Å². The van der Waals surface area contributed by atoms with Gasteiger partial charge in [-0.25, -0.2) is 0 Å². The lowest BCUT2D eigenvalue weighted by Crippen LogP contribution is -2.63. The third kappa shape index (κ3) is 4.72. The number of piperazine rings is 1. The molecule has 0 saturated carbocycles. The number of allylic oxidation sites excluding steroid dienone is 1. The Morgan fingerprint density at radius 3 is 2.37 bits per heavy atom. The summed E-state index contributed by atoms with van der Waals surface area (Å²) in [6.45, 7) is 4.31. The van der Waals surface area contributed by atoms with Gasteiger partial charge in [-0.3, -0.25) is 24.2 Å². The van der Waals surface area contributed by atoms with Crippen molar-refractivity contribution < 1.29 is 39.2 Å². The smallest absolute Gasteiger partial charge is 0.255 e. The molecule has 1 aromatic carbocycles. The number of amides is 1. The van der Waals surface area contributed by atoms with Crippen molar-refractivity contribution in [3.8, 4) is 17.1 Å². The van der Waals surface area contributed by atoms with Gasteiger partial charge in [0, 0.05) is 57.5 Å². The molecule has 1 aliphatic heterocycles. The van der Waals surface area contributed by atoms with Crippen molar-refractivity contribution >= 4 is 23.2 Å². The number of nitrogens with two attached hydrogens (primary N) is 1. The van der Waals surface area contributed by atoms with Crippen molar-refractivity contribution in [2.75, 3.05) is 66.3 Å². The van der Waals surface area contributed by atoms with E-state index in [0.29, 0.717) is 29.3 Å². The SMILES string of the molecule is CN1CCN(Cc2ccc(-c3cc(N(C)C)c4c(c3O)C(=O)C3=C(O)[C@]5(O)C(=O)C(C(N)=O)=C(O)[C@H](N(C)C)[C@@H]5C[C@@H]3C4)o2)CC1. The van der Waals surface area contributed by atoms with Crippen molar-refractivity contribution in [2.24, 2.45) is 17.6 Å². The van der Waals surface area contributed by atoms with E-state index in [9.17, 15) is 34.8 Å². The summed E-state index contributed by atoms with van der Waals surface area (Å²) >= 11 is 0. The zero-order valence-corrected chi connectivity index (χ0v) is 26.7. The summed E-state index contributed by atoms with van der Waals surface area (Å²) in [6.07, 6.45) is 0.220. The number of Topliss-reactive ketones (excluding diaryl/α,β-unsaturated/α-hetero) is 2. The highest BCUT2D eigenvalue weighted by molar-refractivity contribution is 6.25. The fourth-order valence-corrected chi connectivity index (χ4v) is 7.72. The third-order valence-electron chi connectivity index (χ3n) is 10.1. The highest BCUT2D eigenvalue weighted by Crippen LogP contribution is 2.54. The number of carbonyl (C=O) groups excluding carboxylic acids is 3. The number of aliphatic hydroxyl groups excluding tert-OH is 2. The molecule has 0 spiro atoms. The van der Waals surface area contributed by atoms with Crippen molar-refractivity contribution in [3.63, 3.8) is 0 Å². The number of fused-ring (bicyclic) bond motifs is 3. The maximum absolute atomic E-state index is 14.3. The molecule has 3 aliphatic carbocycles. The van der Waals surface area contributed by atoms with Gasteiger partial charge in [-0.15, -0.1) is 0 Å². The number of hydrogen-bond donors (Lipinski definition) is 5. The second-order valence-electron chi connectivity index (χ2n) is 13.3. The summed E-state index contributed by atoms with van der Waals surface area (Å²) in [6, 6.07) is 4.32. The zero-order chi connectivity index (χ0) is 33.4. The average Bonchev–Trinajstić information content (AvgIpc) is 3.44. The standard InChI is InChI=1S/C33H41N5O8/c1-35(2)21-14-19(22-7-6-17(46-22)15-38-10-8-37(5)9-11-38)27(39)24-18(21)12-16-13-20-26(36(3)4)29(41)25(32(34)44)31(43)33(20,45)30(42)23(16)28(24)40/h6-7,14,16,20,26,39,41-42,45H,8-13,15H2,1-5H3,(H2,34,44)/t16-,20-,26+,33-/m0/s1. The number of carbonyl (C=O) groups is 3. The van der Waals surface area contributed by atoms with Gasteiger partial charge in [0.2, 0.25) is 5.78 Å². The van der Waals surface area contributed by atoms with Crippen LogP contribution in [0.15, 0.2) is 45.3 Å². The third-order valence-corrected chi connectivity index (χ3v) is 10.1. The summed E-state index contributed by atoms with van der Waals surface area (Å²) in [5, 5.41) is 46.2. The molecule has 2 heterocycles. The molecule has 4 aliphatic rings. The van der Waals surface area contributed by atoms with Gasteiger partial charge in [-0.1, -0.05) is 0 Å². The van der Waals surface area contributed by atoms with Crippen molar-refractivity contribution in [3.05, 3.63) is 57.8 Å². The Balaban J connectivity index is 1.45. The van der Waals surface area contributed by atoms with Gasteiger partial charge >= 0.3 is 0 Å². The molecular formula is C33H41N5O8. The van der Waals surface area contributed by atoms with Crippen LogP contribution < -0.4 is 10.6 Å². The van der Waals surface area contributed by atoms with Crippen LogP contribution in [0.3, 0.4) is 0 Å². The predicted molar refractivity (Wildman–Crippen MR) is 168 cm³/mol. The number of furan rings is 1. The highest BCUT2D eigenvalue weighted by Gasteiger charge is 2.63. The number of nitrogens with zero attached hydrogens (tertiary/aromatic N) is 4. The molecular weight excluding hydrogens is 594 g/mol. The zero-order valence-electron chi connectivity index (χ0n) is 26.7. The molecule has 2 aromatic rings. The molecule has 13 heteroatoms. The van der Waals surface area contributed by atoms with Gasteiger partial charge in [0.15, 0.2) is 11.4 Å². The summed E-state index contributed by atoms with van der Waals surface area (Å²) in [7, 11) is 8.92. The second-order valence-corrected chi connectivity index (χ2v) is 13.3. The Hall–Kier alpha value is -4.17. The van der Waals surface area contributed by atoms with Crippen molar-refractivity contribution in [1.82, 2.24) is 14.7 Å². The van der Waals surface area contributed by atoms with E-state index in [2.05, 4.69) is 16.8 Å². The monoisotopic (exact) mass is 635 g/mol. The lowest BCUT2D eigenvalue weighted by atomic mass is 9.58. The number of likely N-dealkylation sites (N-methyl/N-ethyl adjacent to an activating group) is 2. The van der Waals surface area contributed by atoms with Gasteiger partial charge in [0.05, 0.1) is 23.7 Å². The number of benzene rings is 1. The average molecular weight is 636 g/mol. The summed E-state index contributed by atoms with van der Waals surface area (Å²) in [5.74, 6) is -5.76. The maximum Gasteiger partial charge on any atom is 0.255 e. The van der Waals surface area contributed by atoms with Crippen LogP contribution >= 0.6 is 0 Å². The van der Waals surface area contributed by atoms with E-state index in [1.54, 1.807) is 26.2 Å². The molecule has 4 atom stereocenters. The van der Waals surface area contributed by atoms with Crippen molar-refractivity contribution in [2.45, 2.75) is 31.0 Å². The molecule has 1 saturated heterocycles. The number of aliphatic hydroxyl groups is 3. The van der Waals surface area contributed by atoms with Crippen LogP contribution in [-0.4, -0.2) is 126 Å². The van der Waals surface area contributed by atoms with Gasteiger partial charge in [0.25, 0.3) is 5.91 Å². The van der Waals surface area contributed by atoms with E-state index in [-0.39, 0.29) is 35.3 Å². The summed E-state index contributed by atoms with van der Waals surface area (Å²) < 4.78 is 6.18. The molecule has 0 unspecified atom stereocenters. The molecule has 246 valence electrons. The van der Waals surface area contributed by atoms with E-state index in [1.807, 2.05) is 25.1 Å².